The van der Waals surface area contributed by atoms with Gasteiger partial charge in [0.05, 0.1) is 29.3 Å². The van der Waals surface area contributed by atoms with Gasteiger partial charge in [-0.05, 0) is 18.2 Å². The minimum atomic E-state index is -1.12. The van der Waals surface area contributed by atoms with Gasteiger partial charge in [0, 0.05) is 6.07 Å². The highest BCUT2D eigenvalue weighted by atomic mass is 16.5. The summed E-state index contributed by atoms with van der Waals surface area (Å²) >= 11 is 0. The Morgan fingerprint density at radius 1 is 1.33 bits per heavy atom. The van der Waals surface area contributed by atoms with E-state index in [1.54, 1.807) is 6.07 Å². The molecule has 0 saturated carbocycles. The van der Waals surface area contributed by atoms with Crippen LogP contribution in [0.1, 0.15) is 16.1 Å². The van der Waals surface area contributed by atoms with Crippen LogP contribution in [-0.4, -0.2) is 25.8 Å². The van der Waals surface area contributed by atoms with E-state index in [2.05, 4.69) is 10.1 Å². The van der Waals surface area contributed by atoms with Crippen molar-refractivity contribution in [2.75, 3.05) is 0 Å². The smallest absolute Gasteiger partial charge is 0.335 e. The highest BCUT2D eigenvalue weighted by Gasteiger charge is 2.12. The number of benzene rings is 1. The van der Waals surface area contributed by atoms with E-state index in [0.717, 1.165) is 4.57 Å². The summed E-state index contributed by atoms with van der Waals surface area (Å²) in [6, 6.07) is 5.67. The van der Waals surface area contributed by atoms with E-state index < -0.39 is 17.1 Å². The largest absolute Gasteiger partial charge is 0.478 e. The maximum absolute atomic E-state index is 12.0. The Bertz CT molecular complexity index is 937. The first-order valence-electron chi connectivity index (χ1n) is 5.96. The van der Waals surface area contributed by atoms with Crippen LogP contribution in [0.3, 0.4) is 0 Å². The van der Waals surface area contributed by atoms with Crippen molar-refractivity contribution in [1.29, 1.82) is 0 Å². The monoisotopic (exact) mass is 287 g/mol. The van der Waals surface area contributed by atoms with Crippen LogP contribution in [0.2, 0.25) is 0 Å². The average molecular weight is 287 g/mol. The van der Waals surface area contributed by atoms with Crippen molar-refractivity contribution in [3.8, 4) is 0 Å². The molecule has 106 valence electrons. The van der Waals surface area contributed by atoms with Gasteiger partial charge < -0.3 is 14.6 Å². The van der Waals surface area contributed by atoms with Gasteiger partial charge in [0.15, 0.2) is 5.76 Å². The van der Waals surface area contributed by atoms with Crippen molar-refractivity contribution in [1.82, 2.24) is 14.7 Å². The topological polar surface area (TPSA) is 118 Å². The summed E-state index contributed by atoms with van der Waals surface area (Å²) in [7, 11) is 0. The van der Waals surface area contributed by atoms with E-state index in [4.69, 9.17) is 9.63 Å². The number of aromatic amines is 1. The Labute approximate surface area is 116 Å². The normalized spacial score (nSPS) is 10.9. The van der Waals surface area contributed by atoms with Crippen molar-refractivity contribution in [2.45, 2.75) is 6.54 Å². The summed E-state index contributed by atoms with van der Waals surface area (Å²) in [6.07, 6.45) is 1.42. The Hall–Kier alpha value is -3.16. The predicted molar refractivity (Wildman–Crippen MR) is 71.4 cm³/mol. The van der Waals surface area contributed by atoms with E-state index in [9.17, 15) is 14.4 Å². The first-order chi connectivity index (χ1) is 10.1. The zero-order chi connectivity index (χ0) is 15.0. The fourth-order valence-electron chi connectivity index (χ4n) is 2.04. The molecule has 0 atom stereocenters. The van der Waals surface area contributed by atoms with E-state index in [1.807, 2.05) is 0 Å². The van der Waals surface area contributed by atoms with Crippen LogP contribution in [0.15, 0.2) is 44.6 Å². The number of fused-ring (bicyclic) bond motifs is 1. The van der Waals surface area contributed by atoms with Gasteiger partial charge in [-0.2, -0.15) is 0 Å². The molecule has 0 aliphatic carbocycles. The van der Waals surface area contributed by atoms with Gasteiger partial charge in [0.2, 0.25) is 0 Å². The first-order valence-corrected chi connectivity index (χ1v) is 5.96. The molecule has 0 spiro atoms. The summed E-state index contributed by atoms with van der Waals surface area (Å²) < 4.78 is 6.07. The molecule has 2 heterocycles. The number of aromatic nitrogens is 3. The molecule has 0 amide bonds. The third kappa shape index (κ3) is 2.22. The molecule has 0 aliphatic rings. The summed E-state index contributed by atoms with van der Waals surface area (Å²) in [5.41, 5.74) is -0.896. The third-order valence-corrected chi connectivity index (χ3v) is 3.03. The number of carboxylic acid groups (broad SMARTS) is 1. The highest BCUT2D eigenvalue weighted by Crippen LogP contribution is 2.13. The maximum Gasteiger partial charge on any atom is 0.335 e. The molecule has 2 N–H and O–H groups in total. The molecule has 8 nitrogen and oxygen atoms in total. The van der Waals surface area contributed by atoms with Crippen LogP contribution in [0.5, 0.6) is 0 Å². The number of carbonyl (C=O) groups is 1. The molecule has 8 heteroatoms. The number of hydrogen-bond acceptors (Lipinski definition) is 5. The third-order valence-electron chi connectivity index (χ3n) is 3.03. The van der Waals surface area contributed by atoms with Crippen LogP contribution < -0.4 is 11.1 Å². The van der Waals surface area contributed by atoms with Gasteiger partial charge in [-0.25, -0.2) is 4.79 Å². The van der Waals surface area contributed by atoms with E-state index >= 15 is 0 Å². The molecule has 0 fully saturated rings. The van der Waals surface area contributed by atoms with Crippen molar-refractivity contribution in [3.05, 3.63) is 62.5 Å². The molecular weight excluding hydrogens is 278 g/mol. The minimum Gasteiger partial charge on any atom is -0.478 e. The zero-order valence-electron chi connectivity index (χ0n) is 10.6. The average Bonchev–Trinajstić information content (AvgIpc) is 2.96. The molecule has 0 unspecified atom stereocenters. The molecule has 0 aliphatic heterocycles. The summed E-state index contributed by atoms with van der Waals surface area (Å²) in [4.78, 5) is 37.1. The molecule has 2 aromatic heterocycles. The van der Waals surface area contributed by atoms with Crippen LogP contribution >= 0.6 is 0 Å². The lowest BCUT2D eigenvalue weighted by Crippen LogP contribution is -2.36. The van der Waals surface area contributed by atoms with Crippen LogP contribution in [0.25, 0.3) is 11.0 Å². The fourth-order valence-corrected chi connectivity index (χ4v) is 2.04. The lowest BCUT2D eigenvalue weighted by molar-refractivity contribution is 0.0697. The van der Waals surface area contributed by atoms with Crippen molar-refractivity contribution >= 4 is 17.0 Å². The second-order valence-corrected chi connectivity index (χ2v) is 4.36. The number of H-pyrrole nitrogens is 1. The molecule has 0 radical (unpaired) electrons. The van der Waals surface area contributed by atoms with Crippen LogP contribution in [-0.2, 0) is 6.54 Å². The number of nitrogens with zero attached hydrogens (tertiary/aromatic N) is 2. The SMILES string of the molecule is O=C(O)c1ccc2[nH]c(=O)c(=O)n(Cc3ccno3)c2c1. The van der Waals surface area contributed by atoms with Gasteiger partial charge in [-0.1, -0.05) is 5.16 Å². The van der Waals surface area contributed by atoms with Gasteiger partial charge >= 0.3 is 17.1 Å². The molecule has 3 aromatic rings. The van der Waals surface area contributed by atoms with Gasteiger partial charge in [-0.3, -0.25) is 14.2 Å². The zero-order valence-corrected chi connectivity index (χ0v) is 10.6. The molecule has 21 heavy (non-hydrogen) atoms. The second-order valence-electron chi connectivity index (χ2n) is 4.36. The Morgan fingerprint density at radius 3 is 2.81 bits per heavy atom. The molecule has 1 aromatic carbocycles. The standard InChI is InChI=1S/C13H9N3O5/c17-11-12(18)16(6-8-3-4-14-21-8)10-5-7(13(19)20)1-2-9(10)15-11/h1-5H,6H2,(H,15,17)(H,19,20). The quantitative estimate of drug-likeness (QED) is 0.674. The number of aromatic carboxylic acids is 1. The lowest BCUT2D eigenvalue weighted by Gasteiger charge is -2.08. The Morgan fingerprint density at radius 2 is 2.14 bits per heavy atom. The summed E-state index contributed by atoms with van der Waals surface area (Å²) in [5, 5.41) is 12.6. The maximum atomic E-state index is 12.0. The van der Waals surface area contributed by atoms with Crippen molar-refractivity contribution in [2.24, 2.45) is 0 Å². The fraction of sp³-hybridized carbons (Fsp3) is 0.0769. The number of hydrogen-bond donors (Lipinski definition) is 2. The molecule has 0 bridgehead atoms. The molecule has 0 saturated heterocycles. The van der Waals surface area contributed by atoms with E-state index in [0.29, 0.717) is 16.8 Å². The van der Waals surface area contributed by atoms with Gasteiger partial charge in [0.25, 0.3) is 0 Å². The predicted octanol–water partition coefficient (Wildman–Crippen LogP) is 0.424. The summed E-state index contributed by atoms with van der Waals surface area (Å²) in [5.74, 6) is -0.744. The van der Waals surface area contributed by atoms with Gasteiger partial charge in [0.1, 0.15) is 0 Å². The summed E-state index contributed by atoms with van der Waals surface area (Å²) in [6.45, 7) is -0.0116. The number of rotatable bonds is 3. The number of carboxylic acids is 1. The van der Waals surface area contributed by atoms with E-state index in [1.165, 1.54) is 24.4 Å². The van der Waals surface area contributed by atoms with Crippen molar-refractivity contribution in [3.63, 3.8) is 0 Å². The van der Waals surface area contributed by atoms with Crippen molar-refractivity contribution < 1.29 is 14.4 Å². The van der Waals surface area contributed by atoms with Gasteiger partial charge in [-0.15, -0.1) is 0 Å². The minimum absolute atomic E-state index is 0.0116. The molecular formula is C13H9N3O5. The molecule has 3 rings (SSSR count). The number of nitrogens with one attached hydrogen (secondary N) is 1. The Balaban J connectivity index is 2.30. The van der Waals surface area contributed by atoms with Crippen LogP contribution in [0, 0.1) is 0 Å². The second kappa shape index (κ2) is 4.75. The van der Waals surface area contributed by atoms with Crippen LogP contribution in [0.4, 0.5) is 0 Å². The Kier molecular flexibility index (Phi) is 2.90. The first kappa shape index (κ1) is 12.9. The van der Waals surface area contributed by atoms with E-state index in [-0.39, 0.29) is 12.1 Å². The highest BCUT2D eigenvalue weighted by molar-refractivity contribution is 5.92. The lowest BCUT2D eigenvalue weighted by atomic mass is 10.2.